The van der Waals surface area contributed by atoms with Crippen molar-refractivity contribution < 1.29 is 9.90 Å². The second-order valence-corrected chi connectivity index (χ2v) is 4.82. The van der Waals surface area contributed by atoms with Gasteiger partial charge in [0.15, 0.2) is 0 Å². The van der Waals surface area contributed by atoms with Gasteiger partial charge in [0.25, 0.3) is 0 Å². The molecule has 0 radical (unpaired) electrons. The molecular weight excluding hydrogens is 288 g/mol. The Morgan fingerprint density at radius 1 is 0.826 bits per heavy atom. The number of rotatable bonds is 3. The maximum absolute atomic E-state index is 10.1. The molecule has 0 aliphatic rings. The minimum Gasteiger partial charge on any atom is -0.477 e. The average Bonchev–Trinajstić information content (AvgIpc) is 2.64. The number of hydrogen-bond donors (Lipinski definition) is 2. The molecule has 4 heteroatoms. The number of hydrogen-bond acceptors (Lipinski definition) is 3. The largest absolute Gasteiger partial charge is 0.477 e. The van der Waals surface area contributed by atoms with Crippen molar-refractivity contribution in [1.82, 2.24) is 4.98 Å². The monoisotopic (exact) mass is 306 g/mol. The van der Waals surface area contributed by atoms with Gasteiger partial charge < -0.3 is 10.8 Å². The summed E-state index contributed by atoms with van der Waals surface area (Å²) in [6, 6.07) is 25.0. The van der Waals surface area contributed by atoms with Crippen LogP contribution in [-0.4, -0.2) is 16.1 Å². The summed E-state index contributed by atoms with van der Waals surface area (Å²) in [5, 5.41) is 8.32. The van der Waals surface area contributed by atoms with E-state index in [1.54, 1.807) is 12.1 Å². The van der Waals surface area contributed by atoms with Crippen LogP contribution >= 0.6 is 0 Å². The minimum absolute atomic E-state index is 0.0163. The van der Waals surface area contributed by atoms with Crippen LogP contribution in [0.15, 0.2) is 85.1 Å². The van der Waals surface area contributed by atoms with Crippen molar-refractivity contribution in [1.29, 1.82) is 0 Å². The van der Waals surface area contributed by atoms with Crippen molar-refractivity contribution in [3.63, 3.8) is 0 Å². The SMILES string of the molecule is NC(c1ccccc1)c1ccccc1.O=C(O)c1ccccn1. The number of aromatic nitrogens is 1. The predicted octanol–water partition coefficient (Wildman–Crippen LogP) is 3.51. The van der Waals surface area contributed by atoms with Crippen molar-refractivity contribution in [2.45, 2.75) is 6.04 Å². The summed E-state index contributed by atoms with van der Waals surface area (Å²) < 4.78 is 0. The van der Waals surface area contributed by atoms with Gasteiger partial charge in [-0.2, -0.15) is 0 Å². The standard InChI is InChI=1S/C13H13N.C6H5NO2/c14-13(11-7-3-1-4-8-11)12-9-5-2-6-10-12;8-6(9)5-3-1-2-4-7-5/h1-10,13H,14H2;1-4H,(H,8,9). The zero-order valence-electron chi connectivity index (χ0n) is 12.5. The van der Waals surface area contributed by atoms with Gasteiger partial charge in [-0.05, 0) is 23.3 Å². The first-order chi connectivity index (χ1) is 11.2. The molecule has 1 aromatic heterocycles. The summed E-state index contributed by atoms with van der Waals surface area (Å²) in [5.74, 6) is -0.990. The molecule has 4 nitrogen and oxygen atoms in total. The van der Waals surface area contributed by atoms with Gasteiger partial charge in [0.2, 0.25) is 0 Å². The summed E-state index contributed by atoms with van der Waals surface area (Å²) >= 11 is 0. The Kier molecular flexibility index (Phi) is 6.03. The van der Waals surface area contributed by atoms with E-state index < -0.39 is 5.97 Å². The third-order valence-electron chi connectivity index (χ3n) is 3.20. The Morgan fingerprint density at radius 2 is 1.30 bits per heavy atom. The molecular formula is C19H18N2O2. The van der Waals surface area contributed by atoms with E-state index in [0.717, 1.165) is 11.1 Å². The molecule has 3 N–H and O–H groups in total. The number of nitrogens with zero attached hydrogens (tertiary/aromatic N) is 1. The Morgan fingerprint density at radius 3 is 1.65 bits per heavy atom. The van der Waals surface area contributed by atoms with Crippen LogP contribution in [0.1, 0.15) is 27.7 Å². The molecule has 2 aromatic carbocycles. The molecule has 0 spiro atoms. The zero-order chi connectivity index (χ0) is 16.5. The highest BCUT2D eigenvalue weighted by atomic mass is 16.4. The third kappa shape index (κ3) is 5.05. The Balaban J connectivity index is 0.000000185. The average molecular weight is 306 g/mol. The Hall–Kier alpha value is -2.98. The number of carbonyl (C=O) groups is 1. The molecule has 3 aromatic rings. The van der Waals surface area contributed by atoms with Gasteiger partial charge in [-0.3, -0.25) is 0 Å². The number of carboxylic acids is 1. The van der Waals surface area contributed by atoms with E-state index >= 15 is 0 Å². The molecule has 23 heavy (non-hydrogen) atoms. The predicted molar refractivity (Wildman–Crippen MR) is 90.1 cm³/mol. The van der Waals surface area contributed by atoms with Crippen LogP contribution in [0.5, 0.6) is 0 Å². The van der Waals surface area contributed by atoms with Gasteiger partial charge in [-0.15, -0.1) is 0 Å². The molecule has 0 bridgehead atoms. The molecule has 0 amide bonds. The second-order valence-electron chi connectivity index (χ2n) is 4.82. The van der Waals surface area contributed by atoms with E-state index in [-0.39, 0.29) is 11.7 Å². The first-order valence-corrected chi connectivity index (χ1v) is 7.18. The van der Waals surface area contributed by atoms with Gasteiger partial charge in [-0.25, -0.2) is 9.78 Å². The Bertz CT molecular complexity index is 677. The minimum atomic E-state index is -0.990. The van der Waals surface area contributed by atoms with Gasteiger partial charge >= 0.3 is 5.97 Å². The van der Waals surface area contributed by atoms with Crippen molar-refractivity contribution in [3.8, 4) is 0 Å². The first-order valence-electron chi connectivity index (χ1n) is 7.18. The van der Waals surface area contributed by atoms with Crippen molar-refractivity contribution in [2.24, 2.45) is 5.73 Å². The van der Waals surface area contributed by atoms with Crippen LogP contribution in [0, 0.1) is 0 Å². The quantitative estimate of drug-likeness (QED) is 0.776. The summed E-state index contributed by atoms with van der Waals surface area (Å²) in [5.41, 5.74) is 8.50. The van der Waals surface area contributed by atoms with Crippen LogP contribution < -0.4 is 5.73 Å². The Labute approximate surface area is 135 Å². The maximum Gasteiger partial charge on any atom is 0.354 e. The van der Waals surface area contributed by atoms with E-state index in [1.165, 1.54) is 12.3 Å². The van der Waals surface area contributed by atoms with Gasteiger partial charge in [-0.1, -0.05) is 66.7 Å². The fourth-order valence-corrected chi connectivity index (χ4v) is 2.00. The fraction of sp³-hybridized carbons (Fsp3) is 0.0526. The zero-order valence-corrected chi connectivity index (χ0v) is 12.5. The first kappa shape index (κ1) is 16.4. The summed E-state index contributed by atoms with van der Waals surface area (Å²) in [7, 11) is 0. The van der Waals surface area contributed by atoms with E-state index in [1.807, 2.05) is 36.4 Å². The highest BCUT2D eigenvalue weighted by Gasteiger charge is 2.06. The van der Waals surface area contributed by atoms with Crippen LogP contribution in [0.3, 0.4) is 0 Å². The van der Waals surface area contributed by atoms with Crippen LogP contribution in [0.25, 0.3) is 0 Å². The number of benzene rings is 2. The van der Waals surface area contributed by atoms with Crippen molar-refractivity contribution in [3.05, 3.63) is 102 Å². The lowest BCUT2D eigenvalue weighted by Crippen LogP contribution is -2.11. The normalized spacial score (nSPS) is 9.83. The van der Waals surface area contributed by atoms with Crippen LogP contribution in [-0.2, 0) is 0 Å². The molecule has 0 fully saturated rings. The summed E-state index contributed by atoms with van der Waals surface area (Å²) in [6.45, 7) is 0. The van der Waals surface area contributed by atoms with Crippen molar-refractivity contribution in [2.75, 3.05) is 0 Å². The van der Waals surface area contributed by atoms with E-state index in [9.17, 15) is 4.79 Å². The lowest BCUT2D eigenvalue weighted by atomic mass is 10.00. The number of nitrogens with two attached hydrogens (primary N) is 1. The van der Waals surface area contributed by atoms with E-state index in [4.69, 9.17) is 10.8 Å². The summed E-state index contributed by atoms with van der Waals surface area (Å²) in [4.78, 5) is 13.7. The van der Waals surface area contributed by atoms with Crippen LogP contribution in [0.2, 0.25) is 0 Å². The maximum atomic E-state index is 10.1. The number of carboxylic acid groups (broad SMARTS) is 1. The number of aromatic carboxylic acids is 1. The molecule has 116 valence electrons. The highest BCUT2D eigenvalue weighted by molar-refractivity contribution is 5.85. The third-order valence-corrected chi connectivity index (χ3v) is 3.20. The lowest BCUT2D eigenvalue weighted by molar-refractivity contribution is 0.0690. The van der Waals surface area contributed by atoms with E-state index in [2.05, 4.69) is 29.2 Å². The molecule has 0 aliphatic heterocycles. The van der Waals surface area contributed by atoms with E-state index in [0.29, 0.717) is 0 Å². The van der Waals surface area contributed by atoms with Gasteiger partial charge in [0, 0.05) is 6.20 Å². The number of pyridine rings is 1. The van der Waals surface area contributed by atoms with Gasteiger partial charge in [0.1, 0.15) is 5.69 Å². The molecule has 1 heterocycles. The molecule has 0 unspecified atom stereocenters. The van der Waals surface area contributed by atoms with Crippen molar-refractivity contribution >= 4 is 5.97 Å². The molecule has 0 atom stereocenters. The van der Waals surface area contributed by atoms with Crippen LogP contribution in [0.4, 0.5) is 0 Å². The highest BCUT2D eigenvalue weighted by Crippen LogP contribution is 2.18. The molecule has 3 rings (SSSR count). The smallest absolute Gasteiger partial charge is 0.354 e. The van der Waals surface area contributed by atoms with Gasteiger partial charge in [0.05, 0.1) is 6.04 Å². The lowest BCUT2D eigenvalue weighted by Gasteiger charge is -2.11. The molecule has 0 saturated carbocycles. The summed E-state index contributed by atoms with van der Waals surface area (Å²) in [6.07, 6.45) is 1.45. The second kappa shape index (κ2) is 8.46. The fourth-order valence-electron chi connectivity index (χ4n) is 2.00. The molecule has 0 saturated heterocycles. The molecule has 0 aliphatic carbocycles. The topological polar surface area (TPSA) is 76.2 Å².